The molecule has 3 heterocycles. The number of halogens is 2. The van der Waals surface area contributed by atoms with E-state index in [0.29, 0.717) is 18.5 Å². The third-order valence-electron chi connectivity index (χ3n) is 6.65. The standard InChI is InChI=1S/C23H26F2N4O4/c1-12-6-14(3)29-11-27(9-13(12)2)23(33)19-21(31)20(30)17(10-28(19)29)22(32)26-8-15-4-5-16(24)7-18(15)25/h4-5,7,10,12-14,31H,6,8-9,11H2,1-3H3,(H,26,32)/t12-,13+,14+/m0/s1. The number of hydrogen-bond acceptors (Lipinski definition) is 5. The lowest BCUT2D eigenvalue weighted by molar-refractivity contribution is 0.0584. The molecule has 1 saturated heterocycles. The summed E-state index contributed by atoms with van der Waals surface area (Å²) in [6.45, 7) is 6.63. The van der Waals surface area contributed by atoms with Crippen LogP contribution < -0.4 is 15.8 Å². The van der Waals surface area contributed by atoms with Crippen LogP contribution in [0.3, 0.4) is 0 Å². The van der Waals surface area contributed by atoms with Crippen molar-refractivity contribution in [2.75, 3.05) is 18.2 Å². The highest BCUT2D eigenvalue weighted by Crippen LogP contribution is 2.29. The summed E-state index contributed by atoms with van der Waals surface area (Å²) in [7, 11) is 0. The molecule has 2 aliphatic rings. The summed E-state index contributed by atoms with van der Waals surface area (Å²) in [5.74, 6) is -3.12. The SMILES string of the molecule is C[C@@H]1CN2CN([C@H](C)C[C@@H]1C)n1cc(C(=O)NCc3ccc(F)cc3F)c(=O)c(O)c1C2=O. The van der Waals surface area contributed by atoms with Crippen LogP contribution in [0.4, 0.5) is 8.78 Å². The summed E-state index contributed by atoms with van der Waals surface area (Å²) in [4.78, 5) is 40.2. The number of pyridine rings is 1. The lowest BCUT2D eigenvalue weighted by Crippen LogP contribution is -2.60. The molecule has 2 bridgehead atoms. The Morgan fingerprint density at radius 3 is 2.61 bits per heavy atom. The summed E-state index contributed by atoms with van der Waals surface area (Å²) in [5.41, 5.74) is -1.50. The molecular formula is C23H26F2N4O4. The quantitative estimate of drug-likeness (QED) is 0.732. The topological polar surface area (TPSA) is 94.9 Å². The number of amides is 2. The fourth-order valence-electron chi connectivity index (χ4n) is 4.46. The fraction of sp³-hybridized carbons (Fsp3) is 0.435. The van der Waals surface area contributed by atoms with Crippen molar-refractivity contribution < 1.29 is 23.5 Å². The van der Waals surface area contributed by atoms with Gasteiger partial charge in [-0.3, -0.25) is 24.1 Å². The molecule has 4 rings (SSSR count). The van der Waals surface area contributed by atoms with Crippen LogP contribution in [0.25, 0.3) is 0 Å². The number of fused-ring (bicyclic) bond motifs is 4. The Morgan fingerprint density at radius 1 is 1.18 bits per heavy atom. The van der Waals surface area contributed by atoms with Gasteiger partial charge in [0.15, 0.2) is 11.4 Å². The first kappa shape index (κ1) is 22.8. The molecule has 2 amide bonds. The molecule has 8 nitrogen and oxygen atoms in total. The molecule has 33 heavy (non-hydrogen) atoms. The lowest BCUT2D eigenvalue weighted by Gasteiger charge is -2.47. The van der Waals surface area contributed by atoms with Gasteiger partial charge in [-0.2, -0.15) is 0 Å². The first-order valence-electron chi connectivity index (χ1n) is 10.9. The minimum Gasteiger partial charge on any atom is -0.502 e. The Hall–Kier alpha value is -3.43. The van der Waals surface area contributed by atoms with E-state index in [9.17, 15) is 28.3 Å². The van der Waals surface area contributed by atoms with Crippen LogP contribution in [-0.2, 0) is 6.54 Å². The van der Waals surface area contributed by atoms with Crippen LogP contribution in [-0.4, -0.2) is 45.8 Å². The molecular weight excluding hydrogens is 434 g/mol. The first-order valence-corrected chi connectivity index (χ1v) is 10.9. The van der Waals surface area contributed by atoms with E-state index in [1.54, 1.807) is 4.90 Å². The van der Waals surface area contributed by atoms with Gasteiger partial charge in [0.05, 0.1) is 0 Å². The highest BCUT2D eigenvalue weighted by Gasteiger charge is 2.39. The minimum absolute atomic E-state index is 0.0387. The Balaban J connectivity index is 1.69. The number of carbonyl (C=O) groups is 2. The number of hydrogen-bond donors (Lipinski definition) is 2. The van der Waals surface area contributed by atoms with Crippen molar-refractivity contribution >= 4 is 11.8 Å². The van der Waals surface area contributed by atoms with Gasteiger partial charge in [0.1, 0.15) is 23.9 Å². The van der Waals surface area contributed by atoms with Crippen molar-refractivity contribution in [1.29, 1.82) is 0 Å². The van der Waals surface area contributed by atoms with Gasteiger partial charge in [0.25, 0.3) is 11.8 Å². The van der Waals surface area contributed by atoms with Crippen molar-refractivity contribution in [2.45, 2.75) is 39.8 Å². The summed E-state index contributed by atoms with van der Waals surface area (Å²) < 4.78 is 28.4. The van der Waals surface area contributed by atoms with Gasteiger partial charge in [-0.25, -0.2) is 8.78 Å². The number of benzene rings is 1. The normalized spacial score (nSPS) is 22.5. The predicted molar refractivity (Wildman–Crippen MR) is 116 cm³/mol. The Morgan fingerprint density at radius 2 is 1.91 bits per heavy atom. The molecule has 2 N–H and O–H groups in total. The maximum absolute atomic E-state index is 13.9. The predicted octanol–water partition coefficient (Wildman–Crippen LogP) is 2.18. The molecule has 0 aliphatic carbocycles. The van der Waals surface area contributed by atoms with E-state index in [2.05, 4.69) is 19.2 Å². The van der Waals surface area contributed by atoms with Crippen LogP contribution >= 0.6 is 0 Å². The fourth-order valence-corrected chi connectivity index (χ4v) is 4.46. The Bertz CT molecular complexity index is 1180. The van der Waals surface area contributed by atoms with E-state index in [0.717, 1.165) is 12.5 Å². The van der Waals surface area contributed by atoms with Gasteiger partial charge < -0.3 is 15.3 Å². The van der Waals surface area contributed by atoms with Crippen LogP contribution in [0.1, 0.15) is 53.6 Å². The van der Waals surface area contributed by atoms with E-state index in [1.807, 2.05) is 11.9 Å². The van der Waals surface area contributed by atoms with Gasteiger partial charge in [-0.1, -0.05) is 19.9 Å². The van der Waals surface area contributed by atoms with Crippen molar-refractivity contribution in [3.05, 3.63) is 63.1 Å². The molecule has 1 aromatic carbocycles. The maximum atomic E-state index is 13.9. The smallest absolute Gasteiger partial charge is 0.277 e. The first-order chi connectivity index (χ1) is 15.6. The molecule has 2 aromatic rings. The molecule has 1 aromatic heterocycles. The minimum atomic E-state index is -0.986. The van der Waals surface area contributed by atoms with Crippen LogP contribution in [0.2, 0.25) is 0 Å². The van der Waals surface area contributed by atoms with Crippen molar-refractivity contribution in [3.63, 3.8) is 0 Å². The number of nitrogens with zero attached hydrogens (tertiary/aromatic N) is 3. The lowest BCUT2D eigenvalue weighted by atomic mass is 9.88. The van der Waals surface area contributed by atoms with E-state index in [4.69, 9.17) is 0 Å². The number of rotatable bonds is 3. The van der Waals surface area contributed by atoms with Crippen LogP contribution in [0.5, 0.6) is 5.75 Å². The third-order valence-corrected chi connectivity index (χ3v) is 6.65. The van der Waals surface area contributed by atoms with Gasteiger partial charge in [-0.05, 0) is 31.2 Å². The average molecular weight is 460 g/mol. The number of aromatic hydroxyl groups is 1. The average Bonchev–Trinajstić information content (AvgIpc) is 2.75. The zero-order valence-electron chi connectivity index (χ0n) is 18.6. The molecule has 1 fully saturated rings. The molecule has 0 unspecified atom stereocenters. The van der Waals surface area contributed by atoms with Gasteiger partial charge in [-0.15, -0.1) is 0 Å². The van der Waals surface area contributed by atoms with E-state index >= 15 is 0 Å². The second-order valence-electron chi connectivity index (χ2n) is 8.98. The van der Waals surface area contributed by atoms with Crippen molar-refractivity contribution in [2.24, 2.45) is 11.8 Å². The zero-order chi connectivity index (χ0) is 24.0. The molecule has 0 radical (unpaired) electrons. The number of nitrogens with one attached hydrogen (secondary N) is 1. The summed E-state index contributed by atoms with van der Waals surface area (Å²) in [6.07, 6.45) is 2.07. The maximum Gasteiger partial charge on any atom is 0.277 e. The van der Waals surface area contributed by atoms with Gasteiger partial charge in [0.2, 0.25) is 5.43 Å². The van der Waals surface area contributed by atoms with Crippen LogP contribution in [0.15, 0.2) is 29.2 Å². The van der Waals surface area contributed by atoms with E-state index < -0.39 is 34.6 Å². The summed E-state index contributed by atoms with van der Waals surface area (Å²) >= 11 is 0. The number of aromatic nitrogens is 1. The van der Waals surface area contributed by atoms with Crippen LogP contribution in [0, 0.1) is 23.5 Å². The monoisotopic (exact) mass is 460 g/mol. The zero-order valence-corrected chi connectivity index (χ0v) is 18.6. The highest BCUT2D eigenvalue weighted by atomic mass is 19.1. The van der Waals surface area contributed by atoms with Gasteiger partial charge in [0, 0.05) is 37.0 Å². The highest BCUT2D eigenvalue weighted by molar-refractivity contribution is 5.99. The molecule has 10 heteroatoms. The number of carbonyl (C=O) groups excluding carboxylic acids is 2. The third kappa shape index (κ3) is 4.05. The van der Waals surface area contributed by atoms with Crippen molar-refractivity contribution in [3.8, 4) is 5.75 Å². The molecule has 3 atom stereocenters. The molecule has 176 valence electrons. The second-order valence-corrected chi connectivity index (χ2v) is 8.98. The largest absolute Gasteiger partial charge is 0.502 e. The Labute approximate surface area is 189 Å². The Kier molecular flexibility index (Phi) is 5.85. The molecule has 0 saturated carbocycles. The van der Waals surface area contributed by atoms with E-state index in [1.165, 1.54) is 16.9 Å². The van der Waals surface area contributed by atoms with E-state index in [-0.39, 0.29) is 42.0 Å². The molecule has 0 spiro atoms. The van der Waals surface area contributed by atoms with Gasteiger partial charge >= 0.3 is 0 Å². The second kappa shape index (κ2) is 8.49. The molecule has 2 aliphatic heterocycles. The van der Waals surface area contributed by atoms with Crippen molar-refractivity contribution in [1.82, 2.24) is 14.9 Å². The summed E-state index contributed by atoms with van der Waals surface area (Å²) in [6, 6.07) is 2.92. The summed E-state index contributed by atoms with van der Waals surface area (Å²) in [5, 5.41) is 14.9.